The summed E-state index contributed by atoms with van der Waals surface area (Å²) < 4.78 is 16.6. The number of ether oxygens (including phenoxy) is 3. The summed E-state index contributed by atoms with van der Waals surface area (Å²) in [7, 11) is 3.38. The van der Waals surface area contributed by atoms with Crippen molar-refractivity contribution >= 4 is 5.82 Å². The molecule has 1 fully saturated rings. The van der Waals surface area contributed by atoms with E-state index in [9.17, 15) is 5.11 Å². The molecule has 0 spiro atoms. The van der Waals surface area contributed by atoms with Crippen molar-refractivity contribution < 1.29 is 19.3 Å². The van der Waals surface area contributed by atoms with Crippen molar-refractivity contribution in [3.05, 3.63) is 48.7 Å². The third-order valence-corrected chi connectivity index (χ3v) is 5.51. The quantitative estimate of drug-likeness (QED) is 0.416. The zero-order chi connectivity index (χ0) is 23.8. The number of anilines is 1. The van der Waals surface area contributed by atoms with Gasteiger partial charge in [-0.25, -0.2) is 15.0 Å². The van der Waals surface area contributed by atoms with Gasteiger partial charge in [-0.2, -0.15) is 0 Å². The summed E-state index contributed by atoms with van der Waals surface area (Å²) in [5.41, 5.74) is 2.46. The van der Waals surface area contributed by atoms with Gasteiger partial charge in [0, 0.05) is 55.3 Å². The van der Waals surface area contributed by atoms with Gasteiger partial charge in [-0.15, -0.1) is 0 Å². The Morgan fingerprint density at radius 2 is 1.97 bits per heavy atom. The van der Waals surface area contributed by atoms with Gasteiger partial charge in [-0.1, -0.05) is 12.1 Å². The second-order valence-corrected chi connectivity index (χ2v) is 8.13. The van der Waals surface area contributed by atoms with Crippen LogP contribution in [0.2, 0.25) is 0 Å². The van der Waals surface area contributed by atoms with E-state index >= 15 is 0 Å². The molecule has 9 heteroatoms. The van der Waals surface area contributed by atoms with E-state index in [0.717, 1.165) is 48.7 Å². The Bertz CT molecular complexity index is 1070. The van der Waals surface area contributed by atoms with E-state index in [1.807, 2.05) is 42.5 Å². The molecule has 3 heterocycles. The second kappa shape index (κ2) is 11.7. The third kappa shape index (κ3) is 6.40. The largest absolute Gasteiger partial charge is 0.491 e. The Balaban J connectivity index is 1.65. The minimum atomic E-state index is -0.592. The maximum Gasteiger partial charge on any atom is 0.213 e. The number of hydrogen-bond acceptors (Lipinski definition) is 9. The first-order valence-corrected chi connectivity index (χ1v) is 11.4. The van der Waals surface area contributed by atoms with E-state index in [2.05, 4.69) is 15.6 Å². The predicted octanol–water partition coefficient (Wildman–Crippen LogP) is 2.76. The number of hydrogen-bond donors (Lipinski definition) is 3. The zero-order valence-electron chi connectivity index (χ0n) is 19.5. The average Bonchev–Trinajstić information content (AvgIpc) is 2.88. The van der Waals surface area contributed by atoms with Crippen LogP contribution in [0, 0.1) is 0 Å². The van der Waals surface area contributed by atoms with Crippen molar-refractivity contribution in [3.8, 4) is 34.3 Å². The predicted molar refractivity (Wildman–Crippen MR) is 130 cm³/mol. The number of nitrogens with zero attached hydrogens (tertiary/aromatic N) is 3. The molecule has 1 atom stereocenters. The van der Waals surface area contributed by atoms with E-state index in [-0.39, 0.29) is 6.61 Å². The van der Waals surface area contributed by atoms with Crippen molar-refractivity contribution in [2.45, 2.75) is 25.0 Å². The fourth-order valence-electron chi connectivity index (χ4n) is 3.74. The molecule has 4 rings (SSSR count). The molecule has 1 saturated heterocycles. The average molecular weight is 466 g/mol. The van der Waals surface area contributed by atoms with Crippen molar-refractivity contribution in [2.24, 2.45) is 0 Å². The zero-order valence-corrected chi connectivity index (χ0v) is 19.5. The number of nitrogens with one attached hydrogen (secondary N) is 2. The molecular formula is C25H31N5O4. The van der Waals surface area contributed by atoms with Crippen LogP contribution in [0.3, 0.4) is 0 Å². The standard InChI is InChI=1S/C25H31N5O4/c1-26-15-20(31)16-34-21-5-3-4-18(12-21)25-29-22(17-6-9-27-24(13-17)32-2)14-23(30-25)28-19-7-10-33-11-8-19/h3-6,9,12-14,19-20,26,31H,7-8,10-11,15-16H2,1-2H3,(H,28,29,30). The molecular weight excluding hydrogens is 434 g/mol. The van der Waals surface area contributed by atoms with Gasteiger partial charge in [0.1, 0.15) is 24.3 Å². The molecule has 0 saturated carbocycles. The van der Waals surface area contributed by atoms with Crippen molar-refractivity contribution in [3.63, 3.8) is 0 Å². The summed E-state index contributed by atoms with van der Waals surface area (Å²) in [6, 6.07) is 13.6. The summed E-state index contributed by atoms with van der Waals surface area (Å²) in [4.78, 5) is 13.8. The molecule has 0 amide bonds. The normalized spacial score (nSPS) is 15.0. The van der Waals surface area contributed by atoms with E-state index in [1.54, 1.807) is 20.4 Å². The number of rotatable bonds is 10. The van der Waals surface area contributed by atoms with Crippen LogP contribution in [0.4, 0.5) is 5.82 Å². The maximum atomic E-state index is 9.95. The summed E-state index contributed by atoms with van der Waals surface area (Å²) in [5, 5.41) is 16.4. The minimum absolute atomic E-state index is 0.193. The highest BCUT2D eigenvalue weighted by Gasteiger charge is 2.17. The van der Waals surface area contributed by atoms with Crippen molar-refractivity contribution in [2.75, 3.05) is 45.8 Å². The highest BCUT2D eigenvalue weighted by molar-refractivity contribution is 5.68. The number of pyridine rings is 1. The first kappa shape index (κ1) is 23.9. The van der Waals surface area contributed by atoms with Crippen LogP contribution in [0.15, 0.2) is 48.7 Å². The summed E-state index contributed by atoms with van der Waals surface area (Å²) >= 11 is 0. The second-order valence-electron chi connectivity index (χ2n) is 8.13. The van der Waals surface area contributed by atoms with Gasteiger partial charge in [0.15, 0.2) is 5.82 Å². The van der Waals surface area contributed by atoms with Gasteiger partial charge in [0.25, 0.3) is 0 Å². The first-order chi connectivity index (χ1) is 16.6. The van der Waals surface area contributed by atoms with Crippen LogP contribution in [0.25, 0.3) is 22.6 Å². The summed E-state index contributed by atoms with van der Waals surface area (Å²) in [6.45, 7) is 2.13. The SMILES string of the molecule is CNCC(O)COc1cccc(-c2nc(NC3CCOCC3)cc(-c3ccnc(OC)c3)n2)c1. The molecule has 180 valence electrons. The molecule has 9 nitrogen and oxygen atoms in total. The lowest BCUT2D eigenvalue weighted by Gasteiger charge is -2.24. The van der Waals surface area contributed by atoms with Crippen LogP contribution < -0.4 is 20.1 Å². The van der Waals surface area contributed by atoms with Gasteiger partial charge in [0.2, 0.25) is 5.88 Å². The molecule has 34 heavy (non-hydrogen) atoms. The lowest BCUT2D eigenvalue weighted by molar-refractivity contribution is 0.0904. The number of aromatic nitrogens is 3. The number of aliphatic hydroxyl groups is 1. The number of methoxy groups -OCH3 is 1. The maximum absolute atomic E-state index is 9.95. The molecule has 1 aromatic carbocycles. The van der Waals surface area contributed by atoms with Crippen LogP contribution in [-0.4, -0.2) is 72.7 Å². The van der Waals surface area contributed by atoms with Gasteiger partial charge >= 0.3 is 0 Å². The minimum Gasteiger partial charge on any atom is -0.491 e. The number of likely N-dealkylation sites (N-methyl/N-ethyl adjacent to an activating group) is 1. The fourth-order valence-corrected chi connectivity index (χ4v) is 3.74. The fraction of sp³-hybridized carbons (Fsp3) is 0.400. The van der Waals surface area contributed by atoms with Crippen LogP contribution in [0.1, 0.15) is 12.8 Å². The van der Waals surface area contributed by atoms with E-state index in [0.29, 0.717) is 30.0 Å². The van der Waals surface area contributed by atoms with Crippen LogP contribution >= 0.6 is 0 Å². The summed E-state index contributed by atoms with van der Waals surface area (Å²) in [5.74, 6) is 2.49. The molecule has 1 unspecified atom stereocenters. The molecule has 1 aliphatic rings. The van der Waals surface area contributed by atoms with Gasteiger partial charge in [-0.3, -0.25) is 0 Å². The summed E-state index contributed by atoms with van der Waals surface area (Å²) in [6.07, 6.45) is 2.96. The smallest absolute Gasteiger partial charge is 0.213 e. The van der Waals surface area contributed by atoms with E-state index < -0.39 is 6.10 Å². The number of aliphatic hydroxyl groups excluding tert-OH is 1. The first-order valence-electron chi connectivity index (χ1n) is 11.4. The molecule has 0 bridgehead atoms. The van der Waals surface area contributed by atoms with Crippen LogP contribution in [0.5, 0.6) is 11.6 Å². The lowest BCUT2D eigenvalue weighted by atomic mass is 10.1. The molecule has 2 aromatic heterocycles. The Kier molecular flexibility index (Phi) is 8.24. The van der Waals surface area contributed by atoms with Crippen molar-refractivity contribution in [1.82, 2.24) is 20.3 Å². The lowest BCUT2D eigenvalue weighted by Crippen LogP contribution is -2.29. The van der Waals surface area contributed by atoms with Gasteiger partial charge in [-0.05, 0) is 38.1 Å². The van der Waals surface area contributed by atoms with E-state index in [4.69, 9.17) is 24.2 Å². The monoisotopic (exact) mass is 465 g/mol. The van der Waals surface area contributed by atoms with Crippen molar-refractivity contribution in [1.29, 1.82) is 0 Å². The Morgan fingerprint density at radius 3 is 2.76 bits per heavy atom. The molecule has 3 N–H and O–H groups in total. The molecule has 3 aromatic rings. The molecule has 0 aliphatic carbocycles. The molecule has 0 radical (unpaired) electrons. The highest BCUT2D eigenvalue weighted by Crippen LogP contribution is 2.28. The van der Waals surface area contributed by atoms with E-state index in [1.165, 1.54) is 0 Å². The van der Waals surface area contributed by atoms with Crippen LogP contribution in [-0.2, 0) is 4.74 Å². The highest BCUT2D eigenvalue weighted by atomic mass is 16.5. The Hall–Kier alpha value is -3.27. The molecule has 1 aliphatic heterocycles. The Labute approximate surface area is 199 Å². The van der Waals surface area contributed by atoms with Gasteiger partial charge in [0.05, 0.1) is 12.8 Å². The Morgan fingerprint density at radius 1 is 1.12 bits per heavy atom. The van der Waals surface area contributed by atoms with Gasteiger partial charge < -0.3 is 30.0 Å². The number of benzene rings is 1. The topological polar surface area (TPSA) is 111 Å². The third-order valence-electron chi connectivity index (χ3n) is 5.51.